The van der Waals surface area contributed by atoms with Gasteiger partial charge in [0.2, 0.25) is 0 Å². The van der Waals surface area contributed by atoms with Crippen molar-refractivity contribution in [2.24, 2.45) is 0 Å². The minimum Gasteiger partial charge on any atom is -0.462 e. The first-order valence-electron chi connectivity index (χ1n) is 7.62. The van der Waals surface area contributed by atoms with Gasteiger partial charge in [-0.3, -0.25) is 9.36 Å². The molecule has 4 nitrogen and oxygen atoms in total. The highest BCUT2D eigenvalue weighted by Gasteiger charge is 2.21. The molecule has 1 aromatic heterocycles. The van der Waals surface area contributed by atoms with Gasteiger partial charge in [-0.25, -0.2) is 9.18 Å². The van der Waals surface area contributed by atoms with Gasteiger partial charge in [0.15, 0.2) is 0 Å². The molecule has 2 aromatic carbocycles. The first-order valence-corrected chi connectivity index (χ1v) is 7.62. The molecule has 3 rings (SSSR count). The third-order valence-corrected chi connectivity index (χ3v) is 3.88. The molecule has 0 aliphatic rings. The molecule has 0 N–H and O–H groups in total. The van der Waals surface area contributed by atoms with Crippen molar-refractivity contribution in [1.82, 2.24) is 4.57 Å². The predicted octanol–water partition coefficient (Wildman–Crippen LogP) is 3.61. The first kappa shape index (κ1) is 15.9. The molecule has 0 aliphatic heterocycles. The molecule has 122 valence electrons. The Kier molecular flexibility index (Phi) is 4.16. The Balaban J connectivity index is 2.45. The fraction of sp³-hybridized carbons (Fsp3) is 0.158. The SMILES string of the molecule is CCOC(=O)c1c(C)n(-c2ccccc2)c(=O)c2ccc(F)cc12. The zero-order valence-electron chi connectivity index (χ0n) is 13.4. The molecule has 5 heteroatoms. The summed E-state index contributed by atoms with van der Waals surface area (Å²) >= 11 is 0. The van der Waals surface area contributed by atoms with Gasteiger partial charge >= 0.3 is 5.97 Å². The number of aromatic nitrogens is 1. The number of hydrogen-bond donors (Lipinski definition) is 0. The van der Waals surface area contributed by atoms with Crippen LogP contribution in [0, 0.1) is 12.7 Å². The number of halogens is 1. The lowest BCUT2D eigenvalue weighted by Gasteiger charge is -2.16. The molecule has 0 atom stereocenters. The topological polar surface area (TPSA) is 48.3 Å². The third-order valence-electron chi connectivity index (χ3n) is 3.88. The number of rotatable bonds is 3. The van der Waals surface area contributed by atoms with Gasteiger partial charge in [0.05, 0.1) is 12.2 Å². The summed E-state index contributed by atoms with van der Waals surface area (Å²) in [4.78, 5) is 25.3. The summed E-state index contributed by atoms with van der Waals surface area (Å²) in [5.41, 5.74) is 0.955. The van der Waals surface area contributed by atoms with Crippen LogP contribution in [0.4, 0.5) is 4.39 Å². The Bertz CT molecular complexity index is 977. The van der Waals surface area contributed by atoms with Crippen LogP contribution in [0.15, 0.2) is 53.3 Å². The molecule has 0 saturated heterocycles. The normalized spacial score (nSPS) is 10.8. The number of pyridine rings is 1. The van der Waals surface area contributed by atoms with E-state index in [1.165, 1.54) is 22.8 Å². The van der Waals surface area contributed by atoms with Gasteiger partial charge in [-0.05, 0) is 44.2 Å². The Hall–Kier alpha value is -2.95. The molecule has 0 aliphatic carbocycles. The Morgan fingerprint density at radius 3 is 2.50 bits per heavy atom. The second kappa shape index (κ2) is 6.28. The number of hydrogen-bond acceptors (Lipinski definition) is 3. The maximum atomic E-state index is 13.7. The Morgan fingerprint density at radius 1 is 1.12 bits per heavy atom. The van der Waals surface area contributed by atoms with Crippen LogP contribution in [-0.2, 0) is 4.74 Å². The van der Waals surface area contributed by atoms with E-state index in [1.807, 2.05) is 6.07 Å². The Labute approximate surface area is 138 Å². The molecular weight excluding hydrogens is 309 g/mol. The van der Waals surface area contributed by atoms with Gasteiger partial charge < -0.3 is 4.74 Å². The second-order valence-corrected chi connectivity index (χ2v) is 5.35. The molecule has 1 heterocycles. The van der Waals surface area contributed by atoms with Crippen LogP contribution in [0.25, 0.3) is 16.5 Å². The molecule has 0 bridgehead atoms. The lowest BCUT2D eigenvalue weighted by Crippen LogP contribution is -2.25. The van der Waals surface area contributed by atoms with E-state index < -0.39 is 11.8 Å². The second-order valence-electron chi connectivity index (χ2n) is 5.35. The van der Waals surface area contributed by atoms with Crippen LogP contribution < -0.4 is 5.56 Å². The number of ether oxygens (including phenoxy) is 1. The molecule has 0 saturated carbocycles. The molecular formula is C19H16FNO3. The standard InChI is InChI=1S/C19H16FNO3/c1-3-24-19(23)17-12(2)21(14-7-5-4-6-8-14)18(22)15-10-9-13(20)11-16(15)17/h4-11H,3H2,1-2H3. The summed E-state index contributed by atoms with van der Waals surface area (Å²) in [6.07, 6.45) is 0. The molecule has 3 aromatic rings. The number of esters is 1. The molecule has 0 amide bonds. The van der Waals surface area contributed by atoms with E-state index >= 15 is 0 Å². The van der Waals surface area contributed by atoms with E-state index in [9.17, 15) is 14.0 Å². The molecule has 0 radical (unpaired) electrons. The van der Waals surface area contributed by atoms with Gasteiger partial charge in [-0.1, -0.05) is 18.2 Å². The molecule has 0 unspecified atom stereocenters. The quantitative estimate of drug-likeness (QED) is 0.691. The van der Waals surface area contributed by atoms with Crippen molar-refractivity contribution in [1.29, 1.82) is 0 Å². The predicted molar refractivity (Wildman–Crippen MR) is 90.2 cm³/mol. The van der Waals surface area contributed by atoms with E-state index in [0.29, 0.717) is 11.4 Å². The van der Waals surface area contributed by atoms with E-state index in [2.05, 4.69) is 0 Å². The lowest BCUT2D eigenvalue weighted by atomic mass is 10.0. The average molecular weight is 325 g/mol. The summed E-state index contributed by atoms with van der Waals surface area (Å²) in [6.45, 7) is 3.55. The van der Waals surface area contributed by atoms with Crippen molar-refractivity contribution in [3.05, 3.63) is 76.0 Å². The van der Waals surface area contributed by atoms with Crippen molar-refractivity contribution < 1.29 is 13.9 Å². The first-order chi connectivity index (χ1) is 11.5. The average Bonchev–Trinajstić information content (AvgIpc) is 2.56. The number of carbonyl (C=O) groups excluding carboxylic acids is 1. The van der Waals surface area contributed by atoms with E-state index in [1.54, 1.807) is 38.1 Å². The van der Waals surface area contributed by atoms with Crippen LogP contribution in [-0.4, -0.2) is 17.1 Å². The molecule has 24 heavy (non-hydrogen) atoms. The van der Waals surface area contributed by atoms with E-state index in [-0.39, 0.29) is 28.5 Å². The largest absolute Gasteiger partial charge is 0.462 e. The minimum absolute atomic E-state index is 0.194. The van der Waals surface area contributed by atoms with Crippen LogP contribution >= 0.6 is 0 Å². The zero-order valence-corrected chi connectivity index (χ0v) is 13.4. The minimum atomic E-state index is -0.574. The molecule has 0 spiro atoms. The maximum Gasteiger partial charge on any atom is 0.340 e. The number of benzene rings is 2. The van der Waals surface area contributed by atoms with Gasteiger partial charge in [-0.15, -0.1) is 0 Å². The smallest absolute Gasteiger partial charge is 0.340 e. The van der Waals surface area contributed by atoms with Gasteiger partial charge in [0, 0.05) is 22.2 Å². The van der Waals surface area contributed by atoms with Gasteiger partial charge in [-0.2, -0.15) is 0 Å². The number of fused-ring (bicyclic) bond motifs is 1. The summed E-state index contributed by atoms with van der Waals surface area (Å²) in [5, 5.41) is 0.539. The highest BCUT2D eigenvalue weighted by atomic mass is 19.1. The summed E-state index contributed by atoms with van der Waals surface area (Å²) < 4.78 is 20.3. The van der Waals surface area contributed by atoms with Crippen molar-refractivity contribution in [3.63, 3.8) is 0 Å². The highest BCUT2D eigenvalue weighted by Crippen LogP contribution is 2.23. The number of nitrogens with zero attached hydrogens (tertiary/aromatic N) is 1. The summed E-state index contributed by atoms with van der Waals surface area (Å²) in [5.74, 6) is -1.08. The van der Waals surface area contributed by atoms with Crippen LogP contribution in [0.1, 0.15) is 23.0 Å². The van der Waals surface area contributed by atoms with E-state index in [4.69, 9.17) is 4.74 Å². The summed E-state index contributed by atoms with van der Waals surface area (Å²) in [7, 11) is 0. The lowest BCUT2D eigenvalue weighted by molar-refractivity contribution is 0.0527. The van der Waals surface area contributed by atoms with Crippen LogP contribution in [0.5, 0.6) is 0 Å². The fourth-order valence-corrected chi connectivity index (χ4v) is 2.84. The van der Waals surface area contributed by atoms with Crippen molar-refractivity contribution in [3.8, 4) is 5.69 Å². The van der Waals surface area contributed by atoms with Crippen LogP contribution in [0.2, 0.25) is 0 Å². The number of para-hydroxylation sites is 1. The zero-order chi connectivity index (χ0) is 17.3. The number of carbonyl (C=O) groups is 1. The summed E-state index contributed by atoms with van der Waals surface area (Å²) in [6, 6.07) is 12.8. The van der Waals surface area contributed by atoms with Gasteiger partial charge in [0.25, 0.3) is 5.56 Å². The fourth-order valence-electron chi connectivity index (χ4n) is 2.84. The monoisotopic (exact) mass is 325 g/mol. The van der Waals surface area contributed by atoms with Crippen molar-refractivity contribution in [2.45, 2.75) is 13.8 Å². The molecule has 0 fully saturated rings. The third kappa shape index (κ3) is 2.58. The van der Waals surface area contributed by atoms with E-state index in [0.717, 1.165) is 0 Å². The van der Waals surface area contributed by atoms with Gasteiger partial charge in [0.1, 0.15) is 5.82 Å². The maximum absolute atomic E-state index is 13.7. The Morgan fingerprint density at radius 2 is 1.83 bits per heavy atom. The van der Waals surface area contributed by atoms with Crippen molar-refractivity contribution in [2.75, 3.05) is 6.61 Å². The van der Waals surface area contributed by atoms with Crippen molar-refractivity contribution >= 4 is 16.7 Å². The van der Waals surface area contributed by atoms with Crippen LogP contribution in [0.3, 0.4) is 0 Å². The highest BCUT2D eigenvalue weighted by molar-refractivity contribution is 6.05.